The molecule has 0 saturated carbocycles. The zero-order chi connectivity index (χ0) is 14.5. The molecule has 19 heavy (non-hydrogen) atoms. The van der Waals surface area contributed by atoms with Gasteiger partial charge in [-0.15, -0.1) is 0 Å². The van der Waals surface area contributed by atoms with Gasteiger partial charge in [-0.1, -0.05) is 30.3 Å². The predicted octanol–water partition coefficient (Wildman–Crippen LogP) is 2.97. The van der Waals surface area contributed by atoms with Crippen molar-refractivity contribution in [2.75, 3.05) is 0 Å². The summed E-state index contributed by atoms with van der Waals surface area (Å²) in [4.78, 5) is 23.7. The lowest BCUT2D eigenvalue weighted by Gasteiger charge is -2.39. The highest BCUT2D eigenvalue weighted by atomic mass is 16.4. The highest BCUT2D eigenvalue weighted by Gasteiger charge is 2.32. The highest BCUT2D eigenvalue weighted by Crippen LogP contribution is 2.21. The van der Waals surface area contributed by atoms with Crippen LogP contribution in [0.2, 0.25) is 0 Å². The standard InChI is InChI=1S/C15H21NO3/c1-15(2,3)16(14(18)19)13(9-10-17)11-12-7-5-4-6-8-12/h4-8,10,13H,9,11H2,1-3H3,(H,18,19). The molecule has 0 saturated heterocycles. The molecule has 4 heteroatoms. The van der Waals surface area contributed by atoms with Gasteiger partial charge in [-0.3, -0.25) is 4.90 Å². The Bertz CT molecular complexity index is 423. The summed E-state index contributed by atoms with van der Waals surface area (Å²) in [5.74, 6) is 0. The van der Waals surface area contributed by atoms with Crippen molar-refractivity contribution in [3.63, 3.8) is 0 Å². The summed E-state index contributed by atoms with van der Waals surface area (Å²) in [6.07, 6.45) is 0.548. The molecule has 1 atom stereocenters. The number of hydrogen-bond acceptors (Lipinski definition) is 2. The topological polar surface area (TPSA) is 57.6 Å². The van der Waals surface area contributed by atoms with Crippen LogP contribution in [0.3, 0.4) is 0 Å². The van der Waals surface area contributed by atoms with E-state index in [2.05, 4.69) is 0 Å². The molecule has 0 aromatic heterocycles. The predicted molar refractivity (Wildman–Crippen MR) is 74.2 cm³/mol. The second kappa shape index (κ2) is 6.36. The van der Waals surface area contributed by atoms with Crippen molar-refractivity contribution in [3.05, 3.63) is 35.9 Å². The minimum Gasteiger partial charge on any atom is -0.465 e. The minimum atomic E-state index is -0.990. The molecule has 0 heterocycles. The van der Waals surface area contributed by atoms with E-state index in [1.54, 1.807) is 0 Å². The maximum atomic E-state index is 11.5. The first kappa shape index (κ1) is 15.2. The lowest BCUT2D eigenvalue weighted by Crippen LogP contribution is -2.52. The monoisotopic (exact) mass is 263 g/mol. The van der Waals surface area contributed by atoms with Crippen LogP contribution in [0.15, 0.2) is 30.3 Å². The summed E-state index contributed by atoms with van der Waals surface area (Å²) in [7, 11) is 0. The molecule has 1 rings (SSSR count). The van der Waals surface area contributed by atoms with E-state index in [1.165, 1.54) is 4.90 Å². The van der Waals surface area contributed by atoms with Crippen LogP contribution >= 0.6 is 0 Å². The van der Waals surface area contributed by atoms with E-state index in [1.807, 2.05) is 51.1 Å². The molecule has 1 unspecified atom stereocenters. The van der Waals surface area contributed by atoms with E-state index in [0.29, 0.717) is 6.42 Å². The normalized spacial score (nSPS) is 12.8. The summed E-state index contributed by atoms with van der Waals surface area (Å²) < 4.78 is 0. The van der Waals surface area contributed by atoms with Crippen LogP contribution < -0.4 is 0 Å². The van der Waals surface area contributed by atoms with Gasteiger partial charge in [0.05, 0.1) is 0 Å². The van der Waals surface area contributed by atoms with Crippen LogP contribution in [-0.4, -0.2) is 34.0 Å². The largest absolute Gasteiger partial charge is 0.465 e. The molecular formula is C15H21NO3. The van der Waals surface area contributed by atoms with Gasteiger partial charge >= 0.3 is 6.09 Å². The molecule has 4 nitrogen and oxygen atoms in total. The fraction of sp³-hybridized carbons (Fsp3) is 0.467. The molecule has 0 aliphatic heterocycles. The zero-order valence-electron chi connectivity index (χ0n) is 11.7. The van der Waals surface area contributed by atoms with Gasteiger partial charge in [0, 0.05) is 18.0 Å². The molecule has 0 aliphatic carbocycles. The van der Waals surface area contributed by atoms with Crippen LogP contribution in [0.5, 0.6) is 0 Å². The number of amides is 1. The number of carboxylic acid groups (broad SMARTS) is 1. The smallest absolute Gasteiger partial charge is 0.408 e. The lowest BCUT2D eigenvalue weighted by molar-refractivity contribution is -0.109. The average Bonchev–Trinajstić information content (AvgIpc) is 2.28. The zero-order valence-corrected chi connectivity index (χ0v) is 11.7. The summed E-state index contributed by atoms with van der Waals surface area (Å²) in [5, 5.41) is 9.39. The van der Waals surface area contributed by atoms with Crippen molar-refractivity contribution in [2.45, 2.75) is 45.2 Å². The van der Waals surface area contributed by atoms with Crippen molar-refractivity contribution in [2.24, 2.45) is 0 Å². The lowest BCUT2D eigenvalue weighted by atomic mass is 9.97. The van der Waals surface area contributed by atoms with E-state index in [-0.39, 0.29) is 12.5 Å². The van der Waals surface area contributed by atoms with Crippen LogP contribution in [0.25, 0.3) is 0 Å². The molecule has 0 radical (unpaired) electrons. The first-order chi connectivity index (χ1) is 8.86. The Morgan fingerprint density at radius 1 is 1.32 bits per heavy atom. The molecule has 0 fully saturated rings. The SMILES string of the molecule is CC(C)(C)N(C(=O)O)C(CC=O)Cc1ccccc1. The van der Waals surface area contributed by atoms with E-state index in [9.17, 15) is 14.7 Å². The molecule has 1 aromatic rings. The Labute approximate surface area is 114 Å². The van der Waals surface area contributed by atoms with Crippen molar-refractivity contribution in [1.82, 2.24) is 4.90 Å². The molecule has 104 valence electrons. The molecule has 0 spiro atoms. The quantitative estimate of drug-likeness (QED) is 0.831. The van der Waals surface area contributed by atoms with Crippen LogP contribution in [0, 0.1) is 0 Å². The van der Waals surface area contributed by atoms with Gasteiger partial charge in [0.1, 0.15) is 6.29 Å². The molecule has 1 N–H and O–H groups in total. The highest BCUT2D eigenvalue weighted by molar-refractivity contribution is 5.67. The Hall–Kier alpha value is -1.84. The second-order valence-electron chi connectivity index (χ2n) is 5.57. The molecular weight excluding hydrogens is 242 g/mol. The fourth-order valence-electron chi connectivity index (χ4n) is 2.27. The maximum Gasteiger partial charge on any atom is 0.408 e. The third kappa shape index (κ3) is 4.39. The number of benzene rings is 1. The van der Waals surface area contributed by atoms with E-state index in [4.69, 9.17) is 0 Å². The van der Waals surface area contributed by atoms with Gasteiger partial charge in [-0.25, -0.2) is 4.79 Å². The number of nitrogens with zero attached hydrogens (tertiary/aromatic N) is 1. The van der Waals surface area contributed by atoms with E-state index in [0.717, 1.165) is 11.8 Å². The Balaban J connectivity index is 2.98. The first-order valence-corrected chi connectivity index (χ1v) is 6.36. The minimum absolute atomic E-state index is 0.207. The Morgan fingerprint density at radius 2 is 1.89 bits per heavy atom. The van der Waals surface area contributed by atoms with Gasteiger partial charge in [0.15, 0.2) is 0 Å². The Morgan fingerprint density at radius 3 is 2.32 bits per heavy atom. The maximum absolute atomic E-state index is 11.5. The molecule has 0 bridgehead atoms. The summed E-state index contributed by atoms with van der Waals surface area (Å²) in [5.41, 5.74) is 0.499. The van der Waals surface area contributed by atoms with Crippen LogP contribution in [0.4, 0.5) is 4.79 Å². The average molecular weight is 263 g/mol. The van der Waals surface area contributed by atoms with Crippen LogP contribution in [0.1, 0.15) is 32.8 Å². The van der Waals surface area contributed by atoms with Gasteiger partial charge in [0.25, 0.3) is 0 Å². The summed E-state index contributed by atoms with van der Waals surface area (Å²) >= 11 is 0. The van der Waals surface area contributed by atoms with Gasteiger partial charge in [-0.2, -0.15) is 0 Å². The molecule has 1 aromatic carbocycles. The fourth-order valence-corrected chi connectivity index (χ4v) is 2.27. The van der Waals surface area contributed by atoms with Gasteiger partial charge in [0.2, 0.25) is 0 Å². The molecule has 0 aliphatic rings. The number of rotatable bonds is 5. The summed E-state index contributed by atoms with van der Waals surface area (Å²) in [6, 6.07) is 9.29. The van der Waals surface area contributed by atoms with Crippen molar-refractivity contribution < 1.29 is 14.7 Å². The van der Waals surface area contributed by atoms with Crippen molar-refractivity contribution in [1.29, 1.82) is 0 Å². The number of hydrogen-bond donors (Lipinski definition) is 1. The van der Waals surface area contributed by atoms with E-state index >= 15 is 0 Å². The third-order valence-corrected chi connectivity index (χ3v) is 2.98. The number of carbonyl (C=O) groups excluding carboxylic acids is 1. The third-order valence-electron chi connectivity index (χ3n) is 2.98. The van der Waals surface area contributed by atoms with Gasteiger partial charge < -0.3 is 9.90 Å². The summed E-state index contributed by atoms with van der Waals surface area (Å²) in [6.45, 7) is 5.51. The van der Waals surface area contributed by atoms with E-state index < -0.39 is 11.6 Å². The molecule has 1 amide bonds. The van der Waals surface area contributed by atoms with Crippen molar-refractivity contribution >= 4 is 12.4 Å². The second-order valence-corrected chi connectivity index (χ2v) is 5.57. The van der Waals surface area contributed by atoms with Crippen molar-refractivity contribution in [3.8, 4) is 0 Å². The number of carbonyl (C=O) groups is 2. The van der Waals surface area contributed by atoms with Gasteiger partial charge in [-0.05, 0) is 32.8 Å². The van der Waals surface area contributed by atoms with Crippen LogP contribution in [-0.2, 0) is 11.2 Å². The first-order valence-electron chi connectivity index (χ1n) is 6.36. The number of aldehydes is 1. The Kier molecular flexibility index (Phi) is 5.10.